The molecule has 2 heterocycles. The second kappa shape index (κ2) is 6.72. The van der Waals surface area contributed by atoms with Crippen molar-refractivity contribution in [1.29, 1.82) is 0 Å². The fourth-order valence-electron chi connectivity index (χ4n) is 3.30. The summed E-state index contributed by atoms with van der Waals surface area (Å²) in [5.74, 6) is 0.615. The lowest BCUT2D eigenvalue weighted by molar-refractivity contribution is -0.128. The fraction of sp³-hybridized carbons (Fsp3) is 0.500. The molecule has 0 saturated carbocycles. The predicted octanol–water partition coefficient (Wildman–Crippen LogP) is 2.68. The van der Waals surface area contributed by atoms with Gasteiger partial charge in [-0.2, -0.15) is 0 Å². The van der Waals surface area contributed by atoms with Crippen LogP contribution < -0.4 is 11.1 Å². The van der Waals surface area contributed by atoms with Gasteiger partial charge in [-0.3, -0.25) is 4.79 Å². The molecule has 5 nitrogen and oxygen atoms in total. The van der Waals surface area contributed by atoms with Crippen LogP contribution in [0.5, 0.6) is 0 Å². The van der Waals surface area contributed by atoms with Crippen LogP contribution in [0, 0.1) is 0 Å². The summed E-state index contributed by atoms with van der Waals surface area (Å²) in [6.45, 7) is 4.92. The zero-order valence-electron chi connectivity index (χ0n) is 13.7. The molecular formula is C18H24N2O3. The molecule has 1 fully saturated rings. The second-order valence-corrected chi connectivity index (χ2v) is 6.15. The van der Waals surface area contributed by atoms with E-state index < -0.39 is 6.10 Å². The van der Waals surface area contributed by atoms with Crippen LogP contribution in [0.4, 0.5) is 0 Å². The van der Waals surface area contributed by atoms with E-state index in [1.165, 1.54) is 10.9 Å². The molecule has 1 aliphatic heterocycles. The molecule has 0 bridgehead atoms. The molecule has 1 aromatic heterocycles. The van der Waals surface area contributed by atoms with Gasteiger partial charge in [0.2, 0.25) is 5.91 Å². The smallest absolute Gasteiger partial charge is 0.246 e. The quantitative estimate of drug-likeness (QED) is 0.859. The lowest BCUT2D eigenvalue weighted by Gasteiger charge is -2.17. The molecule has 124 valence electrons. The lowest BCUT2D eigenvalue weighted by Crippen LogP contribution is -2.33. The molecule has 1 saturated heterocycles. The number of carbonyl (C=O) groups excluding carboxylic acids is 1. The highest BCUT2D eigenvalue weighted by molar-refractivity contribution is 5.82. The minimum absolute atomic E-state index is 0.0319. The second-order valence-electron chi connectivity index (χ2n) is 6.15. The molecule has 1 amide bonds. The summed E-state index contributed by atoms with van der Waals surface area (Å²) >= 11 is 0. The Labute approximate surface area is 136 Å². The van der Waals surface area contributed by atoms with E-state index in [0.717, 1.165) is 24.2 Å². The summed E-state index contributed by atoms with van der Waals surface area (Å²) in [5, 5.41) is 4.65. The number of ether oxygens (including phenoxy) is 1. The van der Waals surface area contributed by atoms with Crippen LogP contribution in [0.25, 0.3) is 11.0 Å². The number of amides is 1. The van der Waals surface area contributed by atoms with Crippen LogP contribution in [0.1, 0.15) is 44.1 Å². The van der Waals surface area contributed by atoms with Gasteiger partial charge in [0.15, 0.2) is 0 Å². The van der Waals surface area contributed by atoms with Crippen molar-refractivity contribution in [3.63, 3.8) is 0 Å². The van der Waals surface area contributed by atoms with Gasteiger partial charge < -0.3 is 20.2 Å². The van der Waals surface area contributed by atoms with Crippen LogP contribution in [0.15, 0.2) is 28.7 Å². The number of benzene rings is 1. The number of hydrogen-bond acceptors (Lipinski definition) is 4. The van der Waals surface area contributed by atoms with Crippen molar-refractivity contribution >= 4 is 16.9 Å². The minimum Gasteiger partial charge on any atom is -0.459 e. The predicted molar refractivity (Wildman–Crippen MR) is 89.1 cm³/mol. The third-order valence-electron chi connectivity index (χ3n) is 4.55. The molecule has 1 aliphatic rings. The Hall–Kier alpha value is -1.85. The van der Waals surface area contributed by atoms with Gasteiger partial charge in [0, 0.05) is 17.5 Å². The first-order valence-corrected chi connectivity index (χ1v) is 8.28. The van der Waals surface area contributed by atoms with Crippen LogP contribution in [-0.4, -0.2) is 24.7 Å². The van der Waals surface area contributed by atoms with Gasteiger partial charge in [-0.05, 0) is 32.3 Å². The zero-order chi connectivity index (χ0) is 16.4. The third-order valence-corrected chi connectivity index (χ3v) is 4.55. The van der Waals surface area contributed by atoms with E-state index >= 15 is 0 Å². The molecule has 0 aliphatic carbocycles. The average molecular weight is 316 g/mol. The highest BCUT2D eigenvalue weighted by Gasteiger charge is 2.29. The van der Waals surface area contributed by atoms with E-state index in [2.05, 4.69) is 25.2 Å². The Bertz CT molecular complexity index is 695. The lowest BCUT2D eigenvalue weighted by atomic mass is 10.0. The van der Waals surface area contributed by atoms with Crippen molar-refractivity contribution in [2.75, 3.05) is 6.54 Å². The van der Waals surface area contributed by atoms with Gasteiger partial charge in [0.25, 0.3) is 0 Å². The summed E-state index contributed by atoms with van der Waals surface area (Å²) in [4.78, 5) is 11.2. The van der Waals surface area contributed by atoms with Gasteiger partial charge >= 0.3 is 0 Å². The molecule has 3 rings (SSSR count). The number of nitrogens with one attached hydrogen (secondary N) is 1. The van der Waals surface area contributed by atoms with Gasteiger partial charge in [0.05, 0.1) is 12.1 Å². The first-order chi connectivity index (χ1) is 11.1. The number of hydrogen-bond donors (Lipinski definition) is 2. The first kappa shape index (κ1) is 16.0. The number of furan rings is 1. The van der Waals surface area contributed by atoms with E-state index in [0.29, 0.717) is 13.0 Å². The Morgan fingerprint density at radius 2 is 2.17 bits per heavy atom. The number of para-hydroxylation sites is 1. The van der Waals surface area contributed by atoms with Crippen molar-refractivity contribution in [2.24, 2.45) is 5.73 Å². The van der Waals surface area contributed by atoms with Crippen molar-refractivity contribution in [3.8, 4) is 0 Å². The summed E-state index contributed by atoms with van der Waals surface area (Å²) in [7, 11) is 0. The number of primary amides is 1. The van der Waals surface area contributed by atoms with Crippen molar-refractivity contribution in [3.05, 3.63) is 35.6 Å². The number of aryl methyl sites for hydroxylation is 1. The Morgan fingerprint density at radius 1 is 1.39 bits per heavy atom. The van der Waals surface area contributed by atoms with E-state index in [1.54, 1.807) is 0 Å². The number of rotatable bonds is 6. The highest BCUT2D eigenvalue weighted by Crippen LogP contribution is 2.30. The Balaban J connectivity index is 1.67. The van der Waals surface area contributed by atoms with E-state index in [9.17, 15) is 4.79 Å². The van der Waals surface area contributed by atoms with Gasteiger partial charge in [0.1, 0.15) is 17.4 Å². The SMILES string of the molecule is CCc1c(C(C)NCC2CCC(C(N)=O)O2)oc2ccccc12. The largest absolute Gasteiger partial charge is 0.459 e. The van der Waals surface area contributed by atoms with Crippen LogP contribution >= 0.6 is 0 Å². The molecule has 3 atom stereocenters. The van der Waals surface area contributed by atoms with Gasteiger partial charge in [-0.15, -0.1) is 0 Å². The molecule has 3 unspecified atom stereocenters. The minimum atomic E-state index is -0.436. The van der Waals surface area contributed by atoms with Crippen LogP contribution in [-0.2, 0) is 16.0 Å². The summed E-state index contributed by atoms with van der Waals surface area (Å²) in [6, 6.07) is 8.22. The monoisotopic (exact) mass is 316 g/mol. The molecule has 2 aromatic rings. The van der Waals surface area contributed by atoms with E-state index in [4.69, 9.17) is 14.9 Å². The standard InChI is InChI=1S/C18H24N2O3/c1-3-13-14-6-4-5-7-15(14)23-17(13)11(2)20-10-12-8-9-16(22-12)18(19)21/h4-7,11-12,16,20H,3,8-10H2,1-2H3,(H2,19,21). The van der Waals surface area contributed by atoms with Crippen LogP contribution in [0.2, 0.25) is 0 Å². The van der Waals surface area contributed by atoms with Gasteiger partial charge in [-0.25, -0.2) is 0 Å². The molecule has 1 aromatic carbocycles. The van der Waals surface area contributed by atoms with Crippen molar-refractivity contribution < 1.29 is 13.9 Å². The molecule has 0 radical (unpaired) electrons. The average Bonchev–Trinajstić information content (AvgIpc) is 3.16. The van der Waals surface area contributed by atoms with Crippen molar-refractivity contribution in [2.45, 2.75) is 51.4 Å². The Kier molecular flexibility index (Phi) is 4.68. The Morgan fingerprint density at radius 3 is 2.87 bits per heavy atom. The molecule has 0 spiro atoms. The highest BCUT2D eigenvalue weighted by atomic mass is 16.5. The molecular weight excluding hydrogens is 292 g/mol. The number of carbonyl (C=O) groups is 1. The zero-order valence-corrected chi connectivity index (χ0v) is 13.7. The molecule has 23 heavy (non-hydrogen) atoms. The van der Waals surface area contributed by atoms with Crippen molar-refractivity contribution in [1.82, 2.24) is 5.32 Å². The summed E-state index contributed by atoms with van der Waals surface area (Å²) in [6.07, 6.45) is 2.09. The number of fused-ring (bicyclic) bond motifs is 1. The molecule has 3 N–H and O–H groups in total. The maximum Gasteiger partial charge on any atom is 0.246 e. The first-order valence-electron chi connectivity index (χ1n) is 8.28. The normalized spacial score (nSPS) is 22.5. The topological polar surface area (TPSA) is 77.5 Å². The van der Waals surface area contributed by atoms with E-state index in [1.807, 2.05) is 18.2 Å². The fourth-order valence-corrected chi connectivity index (χ4v) is 3.30. The number of nitrogens with two attached hydrogens (primary N) is 1. The van der Waals surface area contributed by atoms with Gasteiger partial charge in [-0.1, -0.05) is 25.1 Å². The maximum absolute atomic E-state index is 11.2. The summed E-state index contributed by atoms with van der Waals surface area (Å²) in [5.41, 5.74) is 7.47. The third kappa shape index (κ3) is 3.26. The molecule has 5 heteroatoms. The van der Waals surface area contributed by atoms with E-state index in [-0.39, 0.29) is 18.1 Å². The summed E-state index contributed by atoms with van der Waals surface area (Å²) < 4.78 is 11.7. The van der Waals surface area contributed by atoms with Crippen LogP contribution in [0.3, 0.4) is 0 Å². The maximum atomic E-state index is 11.2.